The molecule has 0 unspecified atom stereocenters. The largest absolute Gasteiger partial charge is 0.467 e. The van der Waals surface area contributed by atoms with Crippen LogP contribution in [0.4, 0.5) is 4.79 Å². The minimum absolute atomic E-state index is 0.0116. The Balaban J connectivity index is 1.10. The van der Waals surface area contributed by atoms with E-state index in [-0.39, 0.29) is 25.4 Å². The molecule has 264 valence electrons. The molecular formula is C39H41N5O6S. The molecule has 6 rings (SSSR count). The number of carbonyl (C=O) groups is 2. The number of thioether (sulfide) groups is 1. The first-order chi connectivity index (χ1) is 24.9. The van der Waals surface area contributed by atoms with E-state index in [1.807, 2.05) is 115 Å². The van der Waals surface area contributed by atoms with Crippen molar-refractivity contribution in [2.75, 3.05) is 12.9 Å². The van der Waals surface area contributed by atoms with Crippen LogP contribution in [0, 0.1) is 0 Å². The lowest BCUT2D eigenvalue weighted by Crippen LogP contribution is -2.47. The van der Waals surface area contributed by atoms with Crippen LogP contribution < -0.4 is 10.6 Å². The molecule has 11 nitrogen and oxygen atoms in total. The predicted molar refractivity (Wildman–Crippen MR) is 193 cm³/mol. The fourth-order valence-electron chi connectivity index (χ4n) is 5.86. The van der Waals surface area contributed by atoms with Crippen molar-refractivity contribution in [3.63, 3.8) is 0 Å². The number of methoxy groups -OCH3 is 1. The summed E-state index contributed by atoms with van der Waals surface area (Å²) < 4.78 is 19.8. The maximum absolute atomic E-state index is 12.8. The first-order valence-corrected chi connectivity index (χ1v) is 17.7. The minimum atomic E-state index is -0.812. The molecule has 1 aliphatic rings. The van der Waals surface area contributed by atoms with Crippen LogP contribution in [0.25, 0.3) is 11.1 Å². The first-order valence-electron chi connectivity index (χ1n) is 16.7. The molecule has 4 aromatic carbocycles. The second-order valence-corrected chi connectivity index (χ2v) is 13.3. The molecule has 0 spiro atoms. The van der Waals surface area contributed by atoms with E-state index in [1.165, 1.54) is 7.11 Å². The number of nitrogens with one attached hydrogen (secondary N) is 2. The van der Waals surface area contributed by atoms with Gasteiger partial charge in [0.15, 0.2) is 11.4 Å². The van der Waals surface area contributed by atoms with E-state index < -0.39 is 24.3 Å². The molecule has 0 aliphatic carbocycles. The number of hydrogen-bond donors (Lipinski definition) is 3. The molecule has 12 heteroatoms. The zero-order chi connectivity index (χ0) is 35.6. The lowest BCUT2D eigenvalue weighted by atomic mass is 9.99. The molecule has 4 atom stereocenters. The average molecular weight is 708 g/mol. The third kappa shape index (κ3) is 9.62. The van der Waals surface area contributed by atoms with E-state index in [0.717, 1.165) is 44.1 Å². The zero-order valence-electron chi connectivity index (χ0n) is 28.5. The number of urea groups is 1. The highest BCUT2D eigenvalue weighted by Crippen LogP contribution is 2.39. The van der Waals surface area contributed by atoms with Crippen molar-refractivity contribution >= 4 is 23.8 Å². The summed E-state index contributed by atoms with van der Waals surface area (Å²) in [6.45, 7) is 0.261. The van der Waals surface area contributed by atoms with Crippen molar-refractivity contribution in [2.45, 2.75) is 55.7 Å². The molecule has 1 fully saturated rings. The van der Waals surface area contributed by atoms with Gasteiger partial charge in [0.25, 0.3) is 0 Å². The predicted octanol–water partition coefficient (Wildman–Crippen LogP) is 5.90. The highest BCUT2D eigenvalue weighted by Gasteiger charge is 2.32. The van der Waals surface area contributed by atoms with Crippen molar-refractivity contribution in [1.29, 1.82) is 0 Å². The average Bonchev–Trinajstić information content (AvgIpc) is 3.60. The number of carbonyl (C=O) groups excluding carboxylic acids is 2. The Bertz CT molecular complexity index is 1890. The van der Waals surface area contributed by atoms with E-state index in [1.54, 1.807) is 18.1 Å². The summed E-state index contributed by atoms with van der Waals surface area (Å²) in [7, 11) is 3.23. The van der Waals surface area contributed by atoms with Gasteiger partial charge in [-0.3, -0.25) is 0 Å². The van der Waals surface area contributed by atoms with Crippen LogP contribution >= 0.6 is 11.8 Å². The molecule has 0 saturated carbocycles. The fourth-order valence-corrected chi connectivity index (χ4v) is 6.77. The van der Waals surface area contributed by atoms with Gasteiger partial charge in [0.1, 0.15) is 12.4 Å². The molecule has 5 aromatic rings. The molecule has 1 saturated heterocycles. The van der Waals surface area contributed by atoms with Gasteiger partial charge in [0.05, 0.1) is 25.9 Å². The Morgan fingerprint density at radius 1 is 0.922 bits per heavy atom. The lowest BCUT2D eigenvalue weighted by molar-refractivity contribution is -0.245. The number of aromatic nitrogens is 3. The number of hydrogen-bond acceptors (Lipinski definition) is 9. The van der Waals surface area contributed by atoms with Gasteiger partial charge in [0, 0.05) is 37.8 Å². The van der Waals surface area contributed by atoms with E-state index in [2.05, 4.69) is 20.8 Å². The van der Waals surface area contributed by atoms with Crippen LogP contribution in [0.15, 0.2) is 115 Å². The molecule has 1 aromatic heterocycles. The lowest BCUT2D eigenvalue weighted by Gasteiger charge is -2.36. The maximum Gasteiger partial charge on any atom is 0.328 e. The SMILES string of the molecule is COC(=O)[C@H](Cc1ccccc1)NC(=O)NCc1cccc(-c2ccc([C@H]3O[C@@H](CSc4nncn4C)C[C@@H](c4ccc(CO)cc4)O3)cc2)c1. The van der Waals surface area contributed by atoms with E-state index in [4.69, 9.17) is 14.2 Å². The smallest absolute Gasteiger partial charge is 0.328 e. The number of nitrogens with zero attached hydrogens (tertiary/aromatic N) is 3. The number of rotatable bonds is 13. The molecule has 2 heterocycles. The molecule has 0 radical (unpaired) electrons. The highest BCUT2D eigenvalue weighted by molar-refractivity contribution is 7.99. The van der Waals surface area contributed by atoms with Crippen LogP contribution in [0.2, 0.25) is 0 Å². The molecule has 2 amide bonds. The van der Waals surface area contributed by atoms with Crippen molar-refractivity contribution in [3.05, 3.63) is 137 Å². The van der Waals surface area contributed by atoms with Gasteiger partial charge in [-0.05, 0) is 39.4 Å². The third-order valence-electron chi connectivity index (χ3n) is 8.65. The third-order valence-corrected chi connectivity index (χ3v) is 9.82. The number of benzene rings is 4. The second-order valence-electron chi connectivity index (χ2n) is 12.3. The number of ether oxygens (including phenoxy) is 3. The Hall–Kier alpha value is -5.01. The summed E-state index contributed by atoms with van der Waals surface area (Å²) >= 11 is 1.60. The summed E-state index contributed by atoms with van der Waals surface area (Å²) in [6, 6.07) is 32.1. The topological polar surface area (TPSA) is 137 Å². The number of aryl methyl sites for hydroxylation is 1. The Morgan fingerprint density at radius 2 is 1.67 bits per heavy atom. The van der Waals surface area contributed by atoms with Crippen LogP contribution in [0.5, 0.6) is 0 Å². The molecule has 3 N–H and O–H groups in total. The zero-order valence-corrected chi connectivity index (χ0v) is 29.3. The molecule has 1 aliphatic heterocycles. The Kier molecular flexibility index (Phi) is 12.1. The second kappa shape index (κ2) is 17.3. The fraction of sp³-hybridized carbons (Fsp3) is 0.282. The monoisotopic (exact) mass is 707 g/mol. The summed E-state index contributed by atoms with van der Waals surface area (Å²) in [5.74, 6) is 0.178. The number of aliphatic hydroxyl groups excluding tert-OH is 1. The van der Waals surface area contributed by atoms with Crippen molar-refractivity contribution < 1.29 is 28.9 Å². The van der Waals surface area contributed by atoms with E-state index in [9.17, 15) is 14.7 Å². The standard InChI is InChI=1S/C39H41N5O6S/c1-44-25-41-43-39(44)51-24-33-21-35(30-13-11-27(23-45)12-14-30)50-37(49-33)31-17-15-29(16-18-31)32-10-6-9-28(19-32)22-40-38(47)42-34(36(46)48-2)20-26-7-4-3-5-8-26/h3-19,25,33-35,37,45H,20-24H2,1-2H3,(H2,40,42,47)/t33-,34+,35+,37+/m1/s1. The molecule has 0 bridgehead atoms. The summed E-state index contributed by atoms with van der Waals surface area (Å²) in [4.78, 5) is 25.2. The maximum atomic E-state index is 12.8. The summed E-state index contributed by atoms with van der Waals surface area (Å²) in [5, 5.41) is 24.1. The number of amides is 2. The van der Waals surface area contributed by atoms with Crippen molar-refractivity contribution in [3.8, 4) is 11.1 Å². The van der Waals surface area contributed by atoms with Crippen molar-refractivity contribution in [1.82, 2.24) is 25.4 Å². The highest BCUT2D eigenvalue weighted by atomic mass is 32.2. The molecular weight excluding hydrogens is 667 g/mol. The van der Waals surface area contributed by atoms with Gasteiger partial charge < -0.3 is 34.5 Å². The van der Waals surface area contributed by atoms with Gasteiger partial charge in [0.2, 0.25) is 0 Å². The van der Waals surface area contributed by atoms with Crippen LogP contribution in [0.1, 0.15) is 46.6 Å². The van der Waals surface area contributed by atoms with Crippen LogP contribution in [-0.2, 0) is 45.6 Å². The van der Waals surface area contributed by atoms with Gasteiger partial charge in [-0.15, -0.1) is 10.2 Å². The molecule has 51 heavy (non-hydrogen) atoms. The quantitative estimate of drug-likeness (QED) is 0.101. The van der Waals surface area contributed by atoms with Crippen LogP contribution in [0.3, 0.4) is 0 Å². The van der Waals surface area contributed by atoms with Gasteiger partial charge >= 0.3 is 12.0 Å². The van der Waals surface area contributed by atoms with E-state index >= 15 is 0 Å². The summed E-state index contributed by atoms with van der Waals surface area (Å²) in [6.07, 6.45) is 1.81. The van der Waals surface area contributed by atoms with Crippen molar-refractivity contribution in [2.24, 2.45) is 7.05 Å². The van der Waals surface area contributed by atoms with Gasteiger partial charge in [-0.2, -0.15) is 0 Å². The Labute approximate surface area is 301 Å². The Morgan fingerprint density at radius 3 is 2.37 bits per heavy atom. The van der Waals surface area contributed by atoms with Gasteiger partial charge in [-0.25, -0.2) is 9.59 Å². The van der Waals surface area contributed by atoms with E-state index in [0.29, 0.717) is 18.6 Å². The van der Waals surface area contributed by atoms with Gasteiger partial charge in [-0.1, -0.05) is 109 Å². The summed E-state index contributed by atoms with van der Waals surface area (Å²) in [5.41, 5.74) is 6.58. The van der Waals surface area contributed by atoms with Crippen LogP contribution in [-0.4, -0.2) is 56.9 Å². The number of aliphatic hydroxyl groups is 1. The number of esters is 1. The normalized spacial score (nSPS) is 17.7. The minimum Gasteiger partial charge on any atom is -0.467 e. The first kappa shape index (κ1) is 35.8.